The van der Waals surface area contributed by atoms with E-state index >= 15 is 0 Å². The molecule has 0 unspecified atom stereocenters. The molecule has 106 valence electrons. The smallest absolute Gasteiger partial charge is 0.265 e. The van der Waals surface area contributed by atoms with E-state index in [1.165, 1.54) is 28.5 Å². The fraction of sp³-hybridized carbons (Fsp3) is 0.286. The van der Waals surface area contributed by atoms with Crippen molar-refractivity contribution in [2.45, 2.75) is 19.9 Å². The molecule has 3 nitrogen and oxygen atoms in total. The Labute approximate surface area is 119 Å². The first kappa shape index (κ1) is 14.6. The van der Waals surface area contributed by atoms with Gasteiger partial charge in [-0.15, -0.1) is 11.3 Å². The number of rotatable bonds is 3. The monoisotopic (exact) mass is 296 g/mol. The number of carbonyl (C=O) groups is 1. The van der Waals surface area contributed by atoms with Crippen LogP contribution in [0.25, 0.3) is 0 Å². The van der Waals surface area contributed by atoms with Gasteiger partial charge in [0.2, 0.25) is 0 Å². The summed E-state index contributed by atoms with van der Waals surface area (Å²) >= 11 is 1.31. The molecular weight excluding hydrogens is 282 g/mol. The van der Waals surface area contributed by atoms with Crippen LogP contribution < -0.4 is 0 Å². The van der Waals surface area contributed by atoms with Gasteiger partial charge in [0.25, 0.3) is 5.91 Å². The van der Waals surface area contributed by atoms with Gasteiger partial charge in [0, 0.05) is 7.05 Å². The van der Waals surface area contributed by atoms with E-state index in [2.05, 4.69) is 4.98 Å². The lowest BCUT2D eigenvalue weighted by molar-refractivity contribution is 0.0747. The molecule has 1 aromatic carbocycles. The summed E-state index contributed by atoms with van der Waals surface area (Å²) in [5.41, 5.74) is 0.543. The largest absolute Gasteiger partial charge is 0.334 e. The summed E-state index contributed by atoms with van der Waals surface area (Å²) in [7, 11) is 1.63. The number of nitrogens with zero attached hydrogens (tertiary/aromatic N) is 2. The van der Waals surface area contributed by atoms with E-state index in [0.717, 1.165) is 17.1 Å². The Morgan fingerprint density at radius 2 is 2.05 bits per heavy atom. The minimum Gasteiger partial charge on any atom is -0.334 e. The van der Waals surface area contributed by atoms with E-state index in [0.29, 0.717) is 10.4 Å². The lowest BCUT2D eigenvalue weighted by Gasteiger charge is -2.24. The van der Waals surface area contributed by atoms with Gasteiger partial charge < -0.3 is 4.90 Å². The average molecular weight is 296 g/mol. The van der Waals surface area contributed by atoms with Gasteiger partial charge in [-0.25, -0.2) is 13.8 Å². The van der Waals surface area contributed by atoms with Crippen LogP contribution in [-0.2, 0) is 0 Å². The first-order valence-corrected chi connectivity index (χ1v) is 6.86. The molecule has 2 rings (SSSR count). The molecule has 6 heteroatoms. The maximum absolute atomic E-state index is 13.2. The molecular formula is C14H14F2N2OS. The summed E-state index contributed by atoms with van der Waals surface area (Å²) in [4.78, 5) is 18.3. The Kier molecular flexibility index (Phi) is 4.13. The number of aromatic nitrogens is 1. The van der Waals surface area contributed by atoms with Crippen molar-refractivity contribution in [3.63, 3.8) is 0 Å². The molecule has 2 aromatic rings. The van der Waals surface area contributed by atoms with E-state index < -0.39 is 11.6 Å². The molecule has 0 bridgehead atoms. The minimum absolute atomic E-state index is 0.187. The standard InChI is InChI=1S/C14H14F2N2OS/c1-8(10-4-5-11(15)12(16)6-10)18(3)14(19)13-7-17-9(2)20-13/h4-8H,1-3H3/t8-/m0/s1. The van der Waals surface area contributed by atoms with E-state index in [9.17, 15) is 13.6 Å². The van der Waals surface area contributed by atoms with Gasteiger partial charge in [-0.1, -0.05) is 6.07 Å². The third kappa shape index (κ3) is 2.85. The van der Waals surface area contributed by atoms with Gasteiger partial charge in [0.1, 0.15) is 4.88 Å². The highest BCUT2D eigenvalue weighted by Gasteiger charge is 2.21. The highest BCUT2D eigenvalue weighted by atomic mass is 32.1. The van der Waals surface area contributed by atoms with Crippen LogP contribution in [0.4, 0.5) is 8.78 Å². The quantitative estimate of drug-likeness (QED) is 0.867. The normalized spacial score (nSPS) is 12.2. The SMILES string of the molecule is Cc1ncc(C(=O)N(C)[C@@H](C)c2ccc(F)c(F)c2)s1. The van der Waals surface area contributed by atoms with Gasteiger partial charge >= 0.3 is 0 Å². The van der Waals surface area contributed by atoms with Gasteiger partial charge in [0.15, 0.2) is 11.6 Å². The lowest BCUT2D eigenvalue weighted by Crippen LogP contribution is -2.29. The van der Waals surface area contributed by atoms with E-state index in [1.807, 2.05) is 6.92 Å². The Balaban J connectivity index is 2.21. The molecule has 1 atom stereocenters. The third-order valence-corrected chi connectivity index (χ3v) is 4.06. The number of benzene rings is 1. The Hall–Kier alpha value is -1.82. The molecule has 20 heavy (non-hydrogen) atoms. The van der Waals surface area contributed by atoms with Gasteiger partial charge in [-0.3, -0.25) is 4.79 Å². The zero-order valence-corrected chi connectivity index (χ0v) is 12.2. The Bertz CT molecular complexity index is 642. The van der Waals surface area contributed by atoms with Crippen molar-refractivity contribution in [2.75, 3.05) is 7.05 Å². The molecule has 0 saturated carbocycles. The van der Waals surface area contributed by atoms with Crippen LogP contribution in [-0.4, -0.2) is 22.8 Å². The zero-order chi connectivity index (χ0) is 14.9. The number of hydrogen-bond donors (Lipinski definition) is 0. The van der Waals surface area contributed by atoms with Crippen LogP contribution in [0.3, 0.4) is 0 Å². The van der Waals surface area contributed by atoms with Crippen molar-refractivity contribution in [1.82, 2.24) is 9.88 Å². The van der Waals surface area contributed by atoms with Crippen molar-refractivity contribution < 1.29 is 13.6 Å². The lowest BCUT2D eigenvalue weighted by atomic mass is 10.1. The molecule has 0 fully saturated rings. The maximum Gasteiger partial charge on any atom is 0.265 e. The maximum atomic E-state index is 13.2. The molecule has 0 aliphatic heterocycles. The fourth-order valence-electron chi connectivity index (χ4n) is 1.81. The molecule has 0 radical (unpaired) electrons. The predicted molar refractivity (Wildman–Crippen MR) is 73.7 cm³/mol. The van der Waals surface area contributed by atoms with Crippen LogP contribution in [0.2, 0.25) is 0 Å². The molecule has 0 N–H and O–H groups in total. The van der Waals surface area contributed by atoms with E-state index in [1.54, 1.807) is 14.0 Å². The molecule has 0 spiro atoms. The highest BCUT2D eigenvalue weighted by molar-refractivity contribution is 7.13. The number of aryl methyl sites for hydroxylation is 1. The Morgan fingerprint density at radius 3 is 2.60 bits per heavy atom. The summed E-state index contributed by atoms with van der Waals surface area (Å²) in [5, 5.41) is 0.808. The molecule has 0 saturated heterocycles. The van der Waals surface area contributed by atoms with E-state index in [-0.39, 0.29) is 11.9 Å². The number of hydrogen-bond acceptors (Lipinski definition) is 3. The molecule has 0 aliphatic carbocycles. The summed E-state index contributed by atoms with van der Waals surface area (Å²) in [6, 6.07) is 3.29. The van der Waals surface area contributed by atoms with Crippen molar-refractivity contribution in [1.29, 1.82) is 0 Å². The van der Waals surface area contributed by atoms with Crippen LogP contribution in [0.5, 0.6) is 0 Å². The second-order valence-corrected chi connectivity index (χ2v) is 5.74. The average Bonchev–Trinajstić information content (AvgIpc) is 2.86. The van der Waals surface area contributed by atoms with Gasteiger partial charge in [-0.05, 0) is 31.5 Å². The van der Waals surface area contributed by atoms with Crippen molar-refractivity contribution in [3.8, 4) is 0 Å². The van der Waals surface area contributed by atoms with Crippen molar-refractivity contribution >= 4 is 17.2 Å². The summed E-state index contributed by atoms with van der Waals surface area (Å²) in [5.74, 6) is -2.00. The van der Waals surface area contributed by atoms with Crippen molar-refractivity contribution in [3.05, 3.63) is 51.5 Å². The van der Waals surface area contributed by atoms with Crippen LogP contribution in [0.1, 0.15) is 33.2 Å². The number of thiazole rings is 1. The Morgan fingerprint density at radius 1 is 1.35 bits per heavy atom. The highest BCUT2D eigenvalue weighted by Crippen LogP contribution is 2.24. The second-order valence-electron chi connectivity index (χ2n) is 4.51. The van der Waals surface area contributed by atoms with E-state index in [4.69, 9.17) is 0 Å². The van der Waals surface area contributed by atoms with Crippen LogP contribution >= 0.6 is 11.3 Å². The first-order chi connectivity index (χ1) is 9.40. The minimum atomic E-state index is -0.913. The number of carbonyl (C=O) groups excluding carboxylic acids is 1. The first-order valence-electron chi connectivity index (χ1n) is 6.04. The summed E-state index contributed by atoms with van der Waals surface area (Å²) < 4.78 is 26.2. The molecule has 1 aromatic heterocycles. The number of amides is 1. The summed E-state index contributed by atoms with van der Waals surface area (Å²) in [6.45, 7) is 3.58. The van der Waals surface area contributed by atoms with Crippen molar-refractivity contribution in [2.24, 2.45) is 0 Å². The second kappa shape index (κ2) is 5.66. The van der Waals surface area contributed by atoms with Gasteiger partial charge in [0.05, 0.1) is 17.2 Å². The topological polar surface area (TPSA) is 33.2 Å². The molecule has 1 amide bonds. The predicted octanol–water partition coefficient (Wildman–Crippen LogP) is 3.56. The van der Waals surface area contributed by atoms with Crippen LogP contribution in [0.15, 0.2) is 24.4 Å². The number of halogens is 2. The zero-order valence-electron chi connectivity index (χ0n) is 11.4. The molecule has 1 heterocycles. The summed E-state index contributed by atoms with van der Waals surface area (Å²) in [6.07, 6.45) is 1.52. The fourth-order valence-corrected chi connectivity index (χ4v) is 2.57. The molecule has 0 aliphatic rings. The van der Waals surface area contributed by atoms with Gasteiger partial charge in [-0.2, -0.15) is 0 Å². The third-order valence-electron chi connectivity index (χ3n) is 3.16. The van der Waals surface area contributed by atoms with Crippen LogP contribution in [0, 0.1) is 18.6 Å².